The molecule has 0 radical (unpaired) electrons. The lowest BCUT2D eigenvalue weighted by Crippen LogP contribution is -2.37. The van der Waals surface area contributed by atoms with Gasteiger partial charge in [-0.25, -0.2) is 0 Å². The lowest BCUT2D eigenvalue weighted by atomic mass is 9.65. The van der Waals surface area contributed by atoms with Gasteiger partial charge >= 0.3 is 5.97 Å². The van der Waals surface area contributed by atoms with Crippen molar-refractivity contribution in [1.82, 2.24) is 0 Å². The van der Waals surface area contributed by atoms with Crippen LogP contribution >= 0.6 is 0 Å². The van der Waals surface area contributed by atoms with Crippen LogP contribution in [0.4, 0.5) is 0 Å². The molecule has 6 heteroatoms. The molecule has 0 atom stereocenters. The topological polar surface area (TPSA) is 89.9 Å². The van der Waals surface area contributed by atoms with Crippen LogP contribution in [0.3, 0.4) is 0 Å². The number of Topliss-reactive ketones (excluding diaryl/α,β-unsaturated/α-hetero) is 2. The number of carboxylic acid groups (broad SMARTS) is 1. The number of ether oxygens (including phenoxy) is 2. The Morgan fingerprint density at radius 2 is 1.53 bits per heavy atom. The van der Waals surface area contributed by atoms with E-state index in [1.807, 2.05) is 24.3 Å². The van der Waals surface area contributed by atoms with E-state index in [1.165, 1.54) is 0 Å². The van der Waals surface area contributed by atoms with Crippen LogP contribution in [0.15, 0.2) is 53.0 Å². The molecule has 5 rings (SSSR count). The Labute approximate surface area is 211 Å². The van der Waals surface area contributed by atoms with Gasteiger partial charge in [-0.15, -0.1) is 0 Å². The number of rotatable bonds is 4. The Hall–Kier alpha value is -3.41. The SMILES string of the molecule is COc1ccc2cc(CC(=O)O)ccc2c1C1C2=C(CC(C)(C)CC2=O)OC2=C1C(=O)CC(C)(C)C2. The first kappa shape index (κ1) is 24.3. The number of ketones is 2. The molecule has 0 saturated carbocycles. The summed E-state index contributed by atoms with van der Waals surface area (Å²) in [6, 6.07) is 9.27. The van der Waals surface area contributed by atoms with Crippen LogP contribution in [-0.2, 0) is 25.5 Å². The van der Waals surface area contributed by atoms with Crippen LogP contribution in [0.25, 0.3) is 10.8 Å². The molecule has 0 spiro atoms. The van der Waals surface area contributed by atoms with E-state index in [4.69, 9.17) is 9.47 Å². The maximum Gasteiger partial charge on any atom is 0.307 e. The van der Waals surface area contributed by atoms with Crippen molar-refractivity contribution in [1.29, 1.82) is 0 Å². The number of allylic oxidation sites excluding steroid dienone is 4. The highest BCUT2D eigenvalue weighted by Crippen LogP contribution is 2.55. The number of hydrogen-bond donors (Lipinski definition) is 1. The van der Waals surface area contributed by atoms with Gasteiger partial charge in [-0.2, -0.15) is 0 Å². The zero-order valence-electron chi connectivity index (χ0n) is 21.5. The second-order valence-electron chi connectivity index (χ2n) is 11.9. The molecule has 1 aliphatic heterocycles. The van der Waals surface area contributed by atoms with E-state index in [9.17, 15) is 19.5 Å². The van der Waals surface area contributed by atoms with Gasteiger partial charge in [-0.1, -0.05) is 52.0 Å². The third-order valence-electron chi connectivity index (χ3n) is 7.53. The molecule has 0 aromatic heterocycles. The van der Waals surface area contributed by atoms with Gasteiger partial charge in [0.1, 0.15) is 17.3 Å². The monoisotopic (exact) mass is 488 g/mol. The normalized spacial score (nSPS) is 21.2. The Balaban J connectivity index is 1.80. The number of hydrogen-bond acceptors (Lipinski definition) is 5. The quantitative estimate of drug-likeness (QED) is 0.578. The summed E-state index contributed by atoms with van der Waals surface area (Å²) >= 11 is 0. The van der Waals surface area contributed by atoms with E-state index in [-0.39, 0.29) is 28.8 Å². The van der Waals surface area contributed by atoms with Gasteiger partial charge in [-0.3, -0.25) is 14.4 Å². The van der Waals surface area contributed by atoms with Crippen LogP contribution in [0, 0.1) is 10.8 Å². The fourth-order valence-corrected chi connectivity index (χ4v) is 6.11. The molecule has 0 amide bonds. The zero-order valence-corrected chi connectivity index (χ0v) is 21.5. The highest BCUT2D eigenvalue weighted by molar-refractivity contribution is 6.08. The number of carbonyl (C=O) groups excluding carboxylic acids is 2. The highest BCUT2D eigenvalue weighted by atomic mass is 16.5. The van der Waals surface area contributed by atoms with Gasteiger partial charge in [0.25, 0.3) is 0 Å². The Kier molecular flexibility index (Phi) is 5.62. The molecule has 36 heavy (non-hydrogen) atoms. The first-order valence-electron chi connectivity index (χ1n) is 12.4. The largest absolute Gasteiger partial charge is 0.496 e. The van der Waals surface area contributed by atoms with E-state index in [1.54, 1.807) is 13.2 Å². The maximum absolute atomic E-state index is 13.7. The summed E-state index contributed by atoms with van der Waals surface area (Å²) in [6.07, 6.45) is 1.91. The Morgan fingerprint density at radius 1 is 0.944 bits per heavy atom. The van der Waals surface area contributed by atoms with Crippen LogP contribution in [-0.4, -0.2) is 29.8 Å². The van der Waals surface area contributed by atoms with Crippen LogP contribution in [0.1, 0.15) is 70.4 Å². The molecule has 0 bridgehead atoms. The second kappa shape index (κ2) is 8.32. The van der Waals surface area contributed by atoms with E-state index in [0.717, 1.165) is 16.3 Å². The summed E-state index contributed by atoms with van der Waals surface area (Å²) in [5, 5.41) is 10.9. The predicted molar refractivity (Wildman–Crippen MR) is 136 cm³/mol. The predicted octanol–water partition coefficient (Wildman–Crippen LogP) is 5.88. The number of carboxylic acids is 1. The standard InChI is InChI=1S/C30H32O6/c1-29(2)12-19(31)26-22(14-29)36-23-15-30(3,4)13-20(32)27(23)28(26)25-18-8-6-16(11-24(33)34)10-17(18)7-9-21(25)35-5/h6-10,28H,11-15H2,1-5H3,(H,33,34). The second-order valence-corrected chi connectivity index (χ2v) is 11.9. The minimum Gasteiger partial charge on any atom is -0.496 e. The molecule has 188 valence electrons. The fourth-order valence-electron chi connectivity index (χ4n) is 6.11. The summed E-state index contributed by atoms with van der Waals surface area (Å²) < 4.78 is 12.2. The fraction of sp³-hybridized carbons (Fsp3) is 0.433. The zero-order chi connectivity index (χ0) is 26.0. The number of aliphatic carboxylic acids is 1. The minimum absolute atomic E-state index is 0.00279. The third-order valence-corrected chi connectivity index (χ3v) is 7.53. The van der Waals surface area contributed by atoms with E-state index >= 15 is 0 Å². The van der Waals surface area contributed by atoms with Crippen molar-refractivity contribution in [2.75, 3.05) is 7.11 Å². The van der Waals surface area contributed by atoms with Crippen molar-refractivity contribution in [3.05, 3.63) is 64.1 Å². The summed E-state index contributed by atoms with van der Waals surface area (Å²) in [5.74, 6) is 0.422. The van der Waals surface area contributed by atoms with E-state index in [0.29, 0.717) is 59.7 Å². The first-order valence-corrected chi connectivity index (χ1v) is 12.4. The molecule has 6 nitrogen and oxygen atoms in total. The van der Waals surface area contributed by atoms with Gasteiger partial charge in [0, 0.05) is 42.4 Å². The van der Waals surface area contributed by atoms with Gasteiger partial charge in [0.2, 0.25) is 0 Å². The minimum atomic E-state index is -0.900. The average molecular weight is 489 g/mol. The summed E-state index contributed by atoms with van der Waals surface area (Å²) in [4.78, 5) is 38.6. The molecule has 1 heterocycles. The van der Waals surface area contributed by atoms with Crippen molar-refractivity contribution in [3.63, 3.8) is 0 Å². The van der Waals surface area contributed by atoms with Gasteiger partial charge in [-0.05, 0) is 33.2 Å². The number of methoxy groups -OCH3 is 1. The van der Waals surface area contributed by atoms with Crippen LogP contribution < -0.4 is 4.74 Å². The molecule has 2 aromatic rings. The number of fused-ring (bicyclic) bond motifs is 1. The van der Waals surface area contributed by atoms with Gasteiger partial charge in [0.15, 0.2) is 11.6 Å². The molecule has 0 saturated heterocycles. The van der Waals surface area contributed by atoms with Crippen LogP contribution in [0.2, 0.25) is 0 Å². The molecular formula is C30H32O6. The summed E-state index contributed by atoms with van der Waals surface area (Å²) in [6.45, 7) is 8.26. The number of benzene rings is 2. The molecule has 0 unspecified atom stereocenters. The van der Waals surface area contributed by atoms with Crippen molar-refractivity contribution in [2.45, 2.75) is 65.7 Å². The van der Waals surface area contributed by atoms with E-state index < -0.39 is 11.9 Å². The summed E-state index contributed by atoms with van der Waals surface area (Å²) in [5.41, 5.74) is 2.09. The Bertz CT molecular complexity index is 1340. The first-order chi connectivity index (χ1) is 16.9. The lowest BCUT2D eigenvalue weighted by Gasteiger charge is -2.43. The number of carbonyl (C=O) groups is 3. The van der Waals surface area contributed by atoms with Crippen LogP contribution in [0.5, 0.6) is 5.75 Å². The molecular weight excluding hydrogens is 456 g/mol. The highest BCUT2D eigenvalue weighted by Gasteiger charge is 2.48. The summed E-state index contributed by atoms with van der Waals surface area (Å²) in [7, 11) is 1.59. The molecule has 3 aliphatic rings. The smallest absolute Gasteiger partial charge is 0.307 e. The molecule has 2 aliphatic carbocycles. The van der Waals surface area contributed by atoms with E-state index in [2.05, 4.69) is 27.7 Å². The van der Waals surface area contributed by atoms with Crippen molar-refractivity contribution in [2.24, 2.45) is 10.8 Å². The molecule has 1 N–H and O–H groups in total. The van der Waals surface area contributed by atoms with Gasteiger partial charge < -0.3 is 14.6 Å². The van der Waals surface area contributed by atoms with Gasteiger partial charge in [0.05, 0.1) is 19.4 Å². The van der Waals surface area contributed by atoms with Crippen molar-refractivity contribution >= 4 is 28.3 Å². The maximum atomic E-state index is 13.7. The average Bonchev–Trinajstić information content (AvgIpc) is 2.74. The Morgan fingerprint density at radius 3 is 2.06 bits per heavy atom. The van der Waals surface area contributed by atoms with Crippen molar-refractivity contribution < 1.29 is 29.0 Å². The third kappa shape index (κ3) is 4.12. The lowest BCUT2D eigenvalue weighted by molar-refractivity contribution is -0.136. The molecule has 2 aromatic carbocycles. The molecule has 0 fully saturated rings. The van der Waals surface area contributed by atoms with Crippen molar-refractivity contribution in [3.8, 4) is 5.75 Å².